The second-order valence-corrected chi connectivity index (χ2v) is 5.06. The normalized spacial score (nSPS) is 30.6. The van der Waals surface area contributed by atoms with Crippen LogP contribution in [0.5, 0.6) is 5.75 Å². The maximum absolute atomic E-state index is 10.5. The molecule has 1 saturated carbocycles. The fraction of sp³-hybridized carbons (Fsp3) is 0.538. The minimum atomic E-state index is -0.417. The Balaban J connectivity index is 2.04. The third kappa shape index (κ3) is 2.06. The van der Waals surface area contributed by atoms with Gasteiger partial charge in [-0.15, -0.1) is 0 Å². The minimum Gasteiger partial charge on any atom is -0.490 e. The SMILES string of the molecule is CCC1(C)C(N)CC1Oc1ccc([N+](=O)[O-])cc1. The lowest BCUT2D eigenvalue weighted by molar-refractivity contribution is -0.384. The van der Waals surface area contributed by atoms with Crippen molar-refractivity contribution in [2.75, 3.05) is 0 Å². The molecule has 1 aromatic carbocycles. The van der Waals surface area contributed by atoms with Crippen molar-refractivity contribution >= 4 is 5.69 Å². The van der Waals surface area contributed by atoms with E-state index in [0.717, 1.165) is 12.8 Å². The summed E-state index contributed by atoms with van der Waals surface area (Å²) >= 11 is 0. The number of nitro benzene ring substituents is 1. The molecule has 1 aliphatic carbocycles. The van der Waals surface area contributed by atoms with Crippen LogP contribution < -0.4 is 10.5 Å². The number of non-ortho nitro benzene ring substituents is 1. The molecule has 3 unspecified atom stereocenters. The van der Waals surface area contributed by atoms with Crippen LogP contribution in [0.3, 0.4) is 0 Å². The van der Waals surface area contributed by atoms with Crippen LogP contribution in [0.25, 0.3) is 0 Å². The maximum atomic E-state index is 10.5. The maximum Gasteiger partial charge on any atom is 0.269 e. The number of nitrogens with two attached hydrogens (primary N) is 1. The number of rotatable bonds is 4. The van der Waals surface area contributed by atoms with Gasteiger partial charge in [0.2, 0.25) is 0 Å². The predicted molar refractivity (Wildman–Crippen MR) is 68.5 cm³/mol. The largest absolute Gasteiger partial charge is 0.490 e. The molecule has 0 aromatic heterocycles. The van der Waals surface area contributed by atoms with Gasteiger partial charge in [-0.1, -0.05) is 13.8 Å². The summed E-state index contributed by atoms with van der Waals surface area (Å²) in [6.45, 7) is 4.22. The number of hydrogen-bond acceptors (Lipinski definition) is 4. The lowest BCUT2D eigenvalue weighted by Crippen LogP contribution is -2.61. The number of hydrogen-bond donors (Lipinski definition) is 1. The van der Waals surface area contributed by atoms with Crippen LogP contribution in [0.4, 0.5) is 5.69 Å². The fourth-order valence-electron chi connectivity index (χ4n) is 2.33. The average molecular weight is 250 g/mol. The van der Waals surface area contributed by atoms with Crippen LogP contribution in [-0.4, -0.2) is 17.1 Å². The van der Waals surface area contributed by atoms with Crippen molar-refractivity contribution < 1.29 is 9.66 Å². The van der Waals surface area contributed by atoms with Gasteiger partial charge >= 0.3 is 0 Å². The number of benzene rings is 1. The van der Waals surface area contributed by atoms with Gasteiger partial charge in [0.05, 0.1) is 4.92 Å². The van der Waals surface area contributed by atoms with E-state index in [9.17, 15) is 10.1 Å². The Bertz CT molecular complexity index is 446. The van der Waals surface area contributed by atoms with Crippen molar-refractivity contribution in [1.82, 2.24) is 0 Å². The molecule has 0 amide bonds. The lowest BCUT2D eigenvalue weighted by atomic mass is 9.62. The second kappa shape index (κ2) is 4.57. The van der Waals surface area contributed by atoms with Crippen LogP contribution in [0, 0.1) is 15.5 Å². The van der Waals surface area contributed by atoms with Gasteiger partial charge in [0.25, 0.3) is 5.69 Å². The zero-order valence-electron chi connectivity index (χ0n) is 10.6. The summed E-state index contributed by atoms with van der Waals surface area (Å²) in [7, 11) is 0. The van der Waals surface area contributed by atoms with Crippen LogP contribution in [-0.2, 0) is 0 Å². The van der Waals surface area contributed by atoms with Crippen molar-refractivity contribution in [2.45, 2.75) is 38.8 Å². The van der Waals surface area contributed by atoms with Crippen LogP contribution in [0.2, 0.25) is 0 Å². The number of ether oxygens (including phenoxy) is 1. The van der Waals surface area contributed by atoms with E-state index in [1.165, 1.54) is 12.1 Å². The van der Waals surface area contributed by atoms with E-state index in [2.05, 4.69) is 13.8 Å². The smallest absolute Gasteiger partial charge is 0.269 e. The number of nitrogens with zero attached hydrogens (tertiary/aromatic N) is 1. The Hall–Kier alpha value is -1.62. The van der Waals surface area contributed by atoms with Gasteiger partial charge in [-0.25, -0.2) is 0 Å². The van der Waals surface area contributed by atoms with Gasteiger partial charge in [-0.05, 0) is 18.6 Å². The predicted octanol–water partition coefficient (Wildman–Crippen LogP) is 2.49. The molecule has 2 N–H and O–H groups in total. The monoisotopic (exact) mass is 250 g/mol. The molecule has 1 aliphatic rings. The Morgan fingerprint density at radius 1 is 1.50 bits per heavy atom. The quantitative estimate of drug-likeness (QED) is 0.657. The molecule has 0 bridgehead atoms. The highest BCUT2D eigenvalue weighted by Crippen LogP contribution is 2.44. The van der Waals surface area contributed by atoms with Gasteiger partial charge in [0, 0.05) is 30.0 Å². The van der Waals surface area contributed by atoms with Crippen molar-refractivity contribution in [1.29, 1.82) is 0 Å². The summed E-state index contributed by atoms with van der Waals surface area (Å²) in [5.74, 6) is 0.664. The minimum absolute atomic E-state index is 0.00176. The van der Waals surface area contributed by atoms with Gasteiger partial charge in [-0.2, -0.15) is 0 Å². The third-order valence-corrected chi connectivity index (χ3v) is 4.14. The first-order valence-corrected chi connectivity index (χ1v) is 6.14. The molecular weight excluding hydrogens is 232 g/mol. The molecule has 18 heavy (non-hydrogen) atoms. The Morgan fingerprint density at radius 3 is 2.56 bits per heavy atom. The van der Waals surface area contributed by atoms with Crippen LogP contribution in [0.15, 0.2) is 24.3 Å². The summed E-state index contributed by atoms with van der Waals surface area (Å²) in [5, 5.41) is 10.5. The van der Waals surface area contributed by atoms with E-state index in [1.807, 2.05) is 0 Å². The highest BCUT2D eigenvalue weighted by Gasteiger charge is 2.50. The highest BCUT2D eigenvalue weighted by atomic mass is 16.6. The Labute approximate surface area is 106 Å². The molecule has 5 nitrogen and oxygen atoms in total. The summed E-state index contributed by atoms with van der Waals surface area (Å²) in [5.41, 5.74) is 6.08. The first-order chi connectivity index (χ1) is 8.47. The molecule has 0 spiro atoms. The topological polar surface area (TPSA) is 78.4 Å². The molecule has 0 heterocycles. The first-order valence-electron chi connectivity index (χ1n) is 6.14. The lowest BCUT2D eigenvalue weighted by Gasteiger charge is -2.51. The standard InChI is InChI=1S/C13H18N2O3/c1-3-13(2)11(14)8-12(13)18-10-6-4-9(5-7-10)15(16)17/h4-7,11-12H,3,8,14H2,1-2H3. The van der Waals surface area contributed by atoms with Crippen LogP contribution in [0.1, 0.15) is 26.7 Å². The summed E-state index contributed by atoms with van der Waals surface area (Å²) in [4.78, 5) is 10.1. The van der Waals surface area contributed by atoms with E-state index < -0.39 is 4.92 Å². The molecule has 1 aromatic rings. The van der Waals surface area contributed by atoms with Crippen molar-refractivity contribution in [3.8, 4) is 5.75 Å². The van der Waals surface area contributed by atoms with Crippen molar-refractivity contribution in [2.24, 2.45) is 11.1 Å². The number of nitro groups is 1. The Morgan fingerprint density at radius 2 is 2.11 bits per heavy atom. The highest BCUT2D eigenvalue weighted by molar-refractivity contribution is 5.36. The molecule has 3 atom stereocenters. The molecule has 0 radical (unpaired) electrons. The van der Waals surface area contributed by atoms with E-state index in [1.54, 1.807) is 12.1 Å². The van der Waals surface area contributed by atoms with Crippen LogP contribution >= 0.6 is 0 Å². The molecular formula is C13H18N2O3. The summed E-state index contributed by atoms with van der Waals surface area (Å²) in [6, 6.07) is 6.36. The molecule has 0 aliphatic heterocycles. The van der Waals surface area contributed by atoms with Gasteiger partial charge < -0.3 is 10.5 Å². The van der Waals surface area contributed by atoms with E-state index in [0.29, 0.717) is 5.75 Å². The summed E-state index contributed by atoms with van der Waals surface area (Å²) in [6.07, 6.45) is 1.90. The fourth-order valence-corrected chi connectivity index (χ4v) is 2.33. The summed E-state index contributed by atoms with van der Waals surface area (Å²) < 4.78 is 5.86. The molecule has 98 valence electrons. The first kappa shape index (κ1) is 12.8. The Kier molecular flexibility index (Phi) is 3.26. The van der Waals surface area contributed by atoms with Gasteiger partial charge in [0.15, 0.2) is 0 Å². The van der Waals surface area contributed by atoms with Crippen molar-refractivity contribution in [3.63, 3.8) is 0 Å². The second-order valence-electron chi connectivity index (χ2n) is 5.06. The van der Waals surface area contributed by atoms with Gasteiger partial charge in [-0.3, -0.25) is 10.1 Å². The van der Waals surface area contributed by atoms with E-state index in [4.69, 9.17) is 10.5 Å². The molecule has 2 rings (SSSR count). The molecule has 0 saturated heterocycles. The zero-order valence-corrected chi connectivity index (χ0v) is 10.6. The van der Waals surface area contributed by atoms with Crippen molar-refractivity contribution in [3.05, 3.63) is 34.4 Å². The molecule has 5 heteroatoms. The van der Waals surface area contributed by atoms with E-state index >= 15 is 0 Å². The average Bonchev–Trinajstić information content (AvgIpc) is 2.38. The zero-order chi connectivity index (χ0) is 13.3. The molecule has 1 fully saturated rings. The van der Waals surface area contributed by atoms with E-state index in [-0.39, 0.29) is 23.2 Å². The third-order valence-electron chi connectivity index (χ3n) is 4.14. The van der Waals surface area contributed by atoms with Gasteiger partial charge in [0.1, 0.15) is 11.9 Å².